The van der Waals surface area contributed by atoms with Crippen LogP contribution in [-0.4, -0.2) is 53.1 Å². The Balaban J connectivity index is 2.41. The summed E-state index contributed by atoms with van der Waals surface area (Å²) in [4.78, 5) is 24.4. The Morgan fingerprint density at radius 2 is 2.18 bits per heavy atom. The monoisotopic (exact) mass is 260 g/mol. The maximum Gasteiger partial charge on any atom is 0.317 e. The predicted molar refractivity (Wildman–Crippen MR) is 68.3 cm³/mol. The molecule has 0 aromatic rings. The molecule has 1 aliphatic rings. The molecule has 1 heterocycles. The third kappa shape index (κ3) is 3.80. The summed E-state index contributed by atoms with van der Waals surface area (Å²) in [5.41, 5.74) is -0.930. The van der Waals surface area contributed by atoms with Crippen LogP contribution in [-0.2, 0) is 4.79 Å². The molecule has 1 fully saturated rings. The summed E-state index contributed by atoms with van der Waals surface area (Å²) in [7, 11) is 1.76. The molecular formula is C11H20N2O3S. The molecule has 0 spiro atoms. The lowest BCUT2D eigenvalue weighted by atomic mass is 9.94. The standard InChI is InChI=1S/C11H20N2O3S/c1-11(2,9(14)15)7-12-10(16)13(3)8-4-5-17-6-8/h8H,4-7H2,1-3H3,(H,12,16)(H,14,15). The molecule has 98 valence electrons. The molecule has 0 radical (unpaired) electrons. The first-order valence-electron chi connectivity index (χ1n) is 5.66. The Labute approximate surface area is 106 Å². The normalized spacial score (nSPS) is 20.1. The van der Waals surface area contributed by atoms with Gasteiger partial charge in [0.1, 0.15) is 0 Å². The Bertz CT molecular complexity index is 301. The number of aliphatic carboxylic acids is 1. The molecular weight excluding hydrogens is 240 g/mol. The third-order valence-corrected chi connectivity index (χ3v) is 4.18. The van der Waals surface area contributed by atoms with Crippen molar-refractivity contribution in [2.75, 3.05) is 25.1 Å². The summed E-state index contributed by atoms with van der Waals surface area (Å²) in [5, 5.41) is 11.6. The number of nitrogens with one attached hydrogen (secondary N) is 1. The molecule has 1 rings (SSSR count). The summed E-state index contributed by atoms with van der Waals surface area (Å²) in [6.45, 7) is 3.34. The number of nitrogens with zero attached hydrogens (tertiary/aromatic N) is 1. The zero-order valence-corrected chi connectivity index (χ0v) is 11.3. The molecule has 0 aromatic heterocycles. The minimum atomic E-state index is -0.930. The van der Waals surface area contributed by atoms with Crippen molar-refractivity contribution in [3.63, 3.8) is 0 Å². The fourth-order valence-electron chi connectivity index (χ4n) is 1.49. The molecule has 1 aliphatic heterocycles. The smallest absolute Gasteiger partial charge is 0.317 e. The summed E-state index contributed by atoms with van der Waals surface area (Å²) in [6.07, 6.45) is 1.01. The minimum absolute atomic E-state index is 0.144. The maximum atomic E-state index is 11.8. The van der Waals surface area contributed by atoms with Crippen molar-refractivity contribution >= 4 is 23.8 Å². The van der Waals surface area contributed by atoms with Gasteiger partial charge in [-0.3, -0.25) is 4.79 Å². The molecule has 2 N–H and O–H groups in total. The van der Waals surface area contributed by atoms with E-state index in [9.17, 15) is 9.59 Å². The van der Waals surface area contributed by atoms with Crippen molar-refractivity contribution in [2.45, 2.75) is 26.3 Å². The zero-order valence-electron chi connectivity index (χ0n) is 10.5. The molecule has 0 aliphatic carbocycles. The number of rotatable bonds is 4. The van der Waals surface area contributed by atoms with Crippen molar-refractivity contribution < 1.29 is 14.7 Å². The second-order valence-electron chi connectivity index (χ2n) is 4.98. The van der Waals surface area contributed by atoms with Crippen LogP contribution in [0.4, 0.5) is 4.79 Å². The Kier molecular flexibility index (Phi) is 4.68. The van der Waals surface area contributed by atoms with Crippen LogP contribution < -0.4 is 5.32 Å². The van der Waals surface area contributed by atoms with Crippen molar-refractivity contribution in [3.05, 3.63) is 0 Å². The number of thioether (sulfide) groups is 1. The van der Waals surface area contributed by atoms with Gasteiger partial charge in [-0.15, -0.1) is 0 Å². The largest absolute Gasteiger partial charge is 0.481 e. The van der Waals surface area contributed by atoms with Gasteiger partial charge in [-0.25, -0.2) is 4.79 Å². The van der Waals surface area contributed by atoms with Crippen LogP contribution in [0.25, 0.3) is 0 Å². The molecule has 1 saturated heterocycles. The first kappa shape index (κ1) is 14.2. The summed E-state index contributed by atoms with van der Waals surface area (Å²) in [6, 6.07) is 0.0831. The van der Waals surface area contributed by atoms with Gasteiger partial charge in [0.2, 0.25) is 0 Å². The number of urea groups is 1. The number of carboxylic acids is 1. The number of carbonyl (C=O) groups is 2. The van der Waals surface area contributed by atoms with E-state index >= 15 is 0 Å². The predicted octanol–water partition coefficient (Wildman–Crippen LogP) is 1.24. The van der Waals surface area contributed by atoms with Gasteiger partial charge in [-0.2, -0.15) is 11.8 Å². The fraction of sp³-hybridized carbons (Fsp3) is 0.818. The quantitative estimate of drug-likeness (QED) is 0.798. The van der Waals surface area contributed by atoms with Gasteiger partial charge in [-0.1, -0.05) is 0 Å². The van der Waals surface area contributed by atoms with Gasteiger partial charge in [-0.05, 0) is 26.0 Å². The number of hydrogen-bond donors (Lipinski definition) is 2. The second-order valence-corrected chi connectivity index (χ2v) is 6.13. The number of carboxylic acid groups (broad SMARTS) is 1. The topological polar surface area (TPSA) is 69.6 Å². The van der Waals surface area contributed by atoms with E-state index in [0.717, 1.165) is 17.9 Å². The molecule has 0 aromatic carbocycles. The molecule has 0 saturated carbocycles. The van der Waals surface area contributed by atoms with Crippen molar-refractivity contribution in [1.82, 2.24) is 10.2 Å². The van der Waals surface area contributed by atoms with E-state index in [2.05, 4.69) is 5.32 Å². The lowest BCUT2D eigenvalue weighted by molar-refractivity contribution is -0.146. The highest BCUT2D eigenvalue weighted by Crippen LogP contribution is 2.21. The van der Waals surface area contributed by atoms with Crippen LogP contribution in [0.1, 0.15) is 20.3 Å². The van der Waals surface area contributed by atoms with Gasteiger partial charge < -0.3 is 15.3 Å². The average molecular weight is 260 g/mol. The molecule has 1 atom stereocenters. The molecule has 2 amide bonds. The van der Waals surface area contributed by atoms with Crippen molar-refractivity contribution in [2.24, 2.45) is 5.41 Å². The number of amides is 2. The van der Waals surface area contributed by atoms with E-state index in [-0.39, 0.29) is 18.6 Å². The summed E-state index contributed by atoms with van der Waals surface area (Å²) >= 11 is 1.84. The van der Waals surface area contributed by atoms with Gasteiger partial charge in [0.15, 0.2) is 0 Å². The van der Waals surface area contributed by atoms with Gasteiger partial charge in [0.05, 0.1) is 5.41 Å². The van der Waals surface area contributed by atoms with E-state index in [0.29, 0.717) is 0 Å². The second kappa shape index (κ2) is 5.62. The molecule has 5 nitrogen and oxygen atoms in total. The first-order valence-corrected chi connectivity index (χ1v) is 6.82. The summed E-state index contributed by atoms with van der Waals surface area (Å²) < 4.78 is 0. The Morgan fingerprint density at radius 1 is 1.53 bits per heavy atom. The van der Waals surface area contributed by atoms with Gasteiger partial charge in [0.25, 0.3) is 0 Å². The van der Waals surface area contributed by atoms with Crippen molar-refractivity contribution in [1.29, 1.82) is 0 Å². The molecule has 17 heavy (non-hydrogen) atoms. The van der Waals surface area contributed by atoms with E-state index < -0.39 is 11.4 Å². The Hall–Kier alpha value is -0.910. The molecule has 0 bridgehead atoms. The number of hydrogen-bond acceptors (Lipinski definition) is 3. The van der Waals surface area contributed by atoms with Crippen LogP contribution in [0.3, 0.4) is 0 Å². The van der Waals surface area contributed by atoms with E-state index in [1.54, 1.807) is 25.8 Å². The van der Waals surface area contributed by atoms with Crippen LogP contribution in [0, 0.1) is 5.41 Å². The Morgan fingerprint density at radius 3 is 2.65 bits per heavy atom. The SMILES string of the molecule is CN(C(=O)NCC(C)(C)C(=O)O)C1CCSC1. The lowest BCUT2D eigenvalue weighted by Gasteiger charge is -2.26. The highest BCUT2D eigenvalue weighted by Gasteiger charge is 2.29. The van der Waals surface area contributed by atoms with Gasteiger partial charge >= 0.3 is 12.0 Å². The molecule has 6 heteroatoms. The number of carbonyl (C=O) groups excluding carboxylic acids is 1. The van der Waals surface area contributed by atoms with Crippen molar-refractivity contribution in [3.8, 4) is 0 Å². The first-order chi connectivity index (χ1) is 7.84. The van der Waals surface area contributed by atoms with E-state index in [1.807, 2.05) is 11.8 Å². The van der Waals surface area contributed by atoms with Crippen LogP contribution in [0.2, 0.25) is 0 Å². The zero-order chi connectivity index (χ0) is 13.1. The highest BCUT2D eigenvalue weighted by molar-refractivity contribution is 7.99. The summed E-state index contributed by atoms with van der Waals surface area (Å²) in [5.74, 6) is 1.15. The molecule has 1 unspecified atom stereocenters. The highest BCUT2D eigenvalue weighted by atomic mass is 32.2. The third-order valence-electron chi connectivity index (χ3n) is 3.03. The fourth-order valence-corrected chi connectivity index (χ4v) is 2.76. The van der Waals surface area contributed by atoms with Crippen LogP contribution in [0.15, 0.2) is 0 Å². The van der Waals surface area contributed by atoms with E-state index in [1.165, 1.54) is 0 Å². The maximum absolute atomic E-state index is 11.8. The van der Waals surface area contributed by atoms with Crippen LogP contribution in [0.5, 0.6) is 0 Å². The lowest BCUT2D eigenvalue weighted by Crippen LogP contribution is -2.47. The van der Waals surface area contributed by atoms with Crippen LogP contribution >= 0.6 is 11.8 Å². The van der Waals surface area contributed by atoms with Gasteiger partial charge in [0, 0.05) is 25.4 Å². The minimum Gasteiger partial charge on any atom is -0.481 e. The van der Waals surface area contributed by atoms with E-state index in [4.69, 9.17) is 5.11 Å². The average Bonchev–Trinajstić information content (AvgIpc) is 2.78.